The van der Waals surface area contributed by atoms with Crippen molar-refractivity contribution in [3.63, 3.8) is 0 Å². The topological polar surface area (TPSA) is 0 Å². The highest BCUT2D eigenvalue weighted by Crippen LogP contribution is 2.66. The molecule has 1 aromatic rings. The number of fused-ring (bicyclic) bond motifs is 2. The fraction of sp³-hybridized carbons (Fsp3) is 0.769. The monoisotopic (exact) mass is 380 g/mol. The highest BCUT2D eigenvalue weighted by molar-refractivity contribution is 6.80. The summed E-state index contributed by atoms with van der Waals surface area (Å²) >= 11 is 0. The molecule has 7 atom stereocenters. The van der Waals surface area contributed by atoms with Crippen molar-refractivity contribution in [2.75, 3.05) is 0 Å². The average Bonchev–Trinajstić information content (AvgIpc) is 3.39. The van der Waals surface area contributed by atoms with E-state index in [4.69, 9.17) is 0 Å². The maximum absolute atomic E-state index is 2.81. The fourth-order valence-corrected chi connectivity index (χ4v) is 14.6. The summed E-state index contributed by atoms with van der Waals surface area (Å²) < 4.78 is 0. The highest BCUT2D eigenvalue weighted by atomic mass is 28.3. The third-order valence-electron chi connectivity index (χ3n) is 9.93. The van der Waals surface area contributed by atoms with Crippen LogP contribution < -0.4 is 0 Å². The zero-order valence-corrected chi connectivity index (χ0v) is 18.9. The molecule has 4 aliphatic carbocycles. The molecule has 0 nitrogen and oxygen atoms in total. The van der Waals surface area contributed by atoms with Crippen molar-refractivity contribution in [2.45, 2.75) is 94.8 Å². The Morgan fingerprint density at radius 3 is 2.26 bits per heavy atom. The van der Waals surface area contributed by atoms with E-state index in [2.05, 4.69) is 50.3 Å². The molecule has 0 amide bonds. The first-order valence-electron chi connectivity index (χ1n) is 12.1. The van der Waals surface area contributed by atoms with Crippen molar-refractivity contribution < 1.29 is 0 Å². The van der Waals surface area contributed by atoms with E-state index in [9.17, 15) is 0 Å². The van der Waals surface area contributed by atoms with Crippen LogP contribution in [0.2, 0.25) is 24.2 Å². The summed E-state index contributed by atoms with van der Waals surface area (Å²) in [6.45, 7) is 8.28. The molecule has 1 heteroatoms. The second-order valence-electron chi connectivity index (χ2n) is 11.4. The van der Waals surface area contributed by atoms with Gasteiger partial charge in [-0.1, -0.05) is 88.9 Å². The summed E-state index contributed by atoms with van der Waals surface area (Å²) in [4.78, 5) is 0. The second-order valence-corrected chi connectivity index (χ2v) is 16.5. The van der Waals surface area contributed by atoms with Crippen molar-refractivity contribution in [2.24, 2.45) is 29.6 Å². The minimum Gasteiger partial charge on any atom is -0.0689 e. The Morgan fingerprint density at radius 1 is 0.778 bits per heavy atom. The lowest BCUT2D eigenvalue weighted by Gasteiger charge is -2.48. The van der Waals surface area contributed by atoms with Gasteiger partial charge in [0.05, 0.1) is 8.07 Å². The smallest absolute Gasteiger partial charge is 0.0541 e. The van der Waals surface area contributed by atoms with Crippen LogP contribution in [-0.2, 0) is 0 Å². The molecule has 0 spiro atoms. The molecule has 148 valence electrons. The molecule has 0 aromatic heterocycles. The summed E-state index contributed by atoms with van der Waals surface area (Å²) in [7, 11) is -1.18. The van der Waals surface area contributed by atoms with Crippen LogP contribution in [0.15, 0.2) is 30.3 Å². The largest absolute Gasteiger partial charge is 0.0689 e. The molecule has 27 heavy (non-hydrogen) atoms. The predicted molar refractivity (Wildman–Crippen MR) is 119 cm³/mol. The normalized spacial score (nSPS) is 42.3. The number of hydrogen-bond acceptors (Lipinski definition) is 0. The van der Waals surface area contributed by atoms with Crippen LogP contribution >= 0.6 is 0 Å². The van der Waals surface area contributed by atoms with Crippen LogP contribution in [0.1, 0.15) is 76.2 Å². The summed E-state index contributed by atoms with van der Waals surface area (Å²) in [6, 6.07) is 11.8. The predicted octanol–water partition coefficient (Wildman–Crippen LogP) is 7.89. The Balaban J connectivity index is 1.50. The van der Waals surface area contributed by atoms with E-state index in [0.29, 0.717) is 0 Å². The van der Waals surface area contributed by atoms with Crippen LogP contribution in [0.4, 0.5) is 0 Å². The van der Waals surface area contributed by atoms with E-state index < -0.39 is 8.07 Å². The van der Waals surface area contributed by atoms with Crippen LogP contribution in [0.5, 0.6) is 0 Å². The molecule has 7 unspecified atom stereocenters. The quantitative estimate of drug-likeness (QED) is 0.468. The van der Waals surface area contributed by atoms with Gasteiger partial charge in [-0.05, 0) is 71.4 Å². The summed E-state index contributed by atoms with van der Waals surface area (Å²) in [6.07, 6.45) is 13.8. The Morgan fingerprint density at radius 2 is 1.52 bits per heavy atom. The number of hydrogen-bond donors (Lipinski definition) is 0. The molecule has 5 rings (SSSR count). The van der Waals surface area contributed by atoms with Gasteiger partial charge in [-0.15, -0.1) is 0 Å². The third-order valence-corrected chi connectivity index (χ3v) is 15.3. The van der Waals surface area contributed by atoms with Gasteiger partial charge in [-0.3, -0.25) is 0 Å². The zero-order valence-electron chi connectivity index (χ0n) is 17.9. The highest BCUT2D eigenvalue weighted by Gasteiger charge is 2.58. The maximum Gasteiger partial charge on any atom is 0.0541 e. The van der Waals surface area contributed by atoms with E-state index >= 15 is 0 Å². The van der Waals surface area contributed by atoms with Crippen LogP contribution in [0.25, 0.3) is 0 Å². The average molecular weight is 381 g/mol. The van der Waals surface area contributed by atoms with Crippen LogP contribution in [0, 0.1) is 29.6 Å². The van der Waals surface area contributed by atoms with Gasteiger partial charge in [-0.25, -0.2) is 0 Å². The molecule has 4 fully saturated rings. The van der Waals surface area contributed by atoms with Crippen molar-refractivity contribution >= 4 is 8.07 Å². The summed E-state index contributed by atoms with van der Waals surface area (Å²) in [5, 5.41) is 0. The standard InChI is InChI=1S/C26H40Si/c1-18-16-23-24(26(18)27(2,3)21-13-7-8-14-21)17-20-12-9-15-22(20)25(23)19-10-5-4-6-11-19/h4-6,10-11,18,20-26H,7-9,12-17H2,1-3H3. The second kappa shape index (κ2) is 7.04. The Bertz CT molecular complexity index is 643. The first-order chi connectivity index (χ1) is 13.1. The molecule has 1 aromatic carbocycles. The molecule has 0 radical (unpaired) electrons. The van der Waals surface area contributed by atoms with E-state index in [1.54, 1.807) is 24.8 Å². The molecule has 0 heterocycles. The Labute approximate surface area is 168 Å². The fourth-order valence-electron chi connectivity index (χ4n) is 9.07. The molecule has 4 aliphatic rings. The molecule has 4 saturated carbocycles. The molecule has 0 saturated heterocycles. The molecular weight excluding hydrogens is 340 g/mol. The molecule has 0 N–H and O–H groups in total. The van der Waals surface area contributed by atoms with E-state index in [1.807, 2.05) is 0 Å². The van der Waals surface area contributed by atoms with E-state index in [1.165, 1.54) is 38.5 Å². The van der Waals surface area contributed by atoms with Crippen molar-refractivity contribution in [3.8, 4) is 0 Å². The third kappa shape index (κ3) is 2.98. The SMILES string of the molecule is CC1CC2C(CC3CCCC3C2c2ccccc2)C1[Si](C)(C)C1CCCC1. The number of benzene rings is 1. The zero-order chi connectivity index (χ0) is 18.6. The van der Waals surface area contributed by atoms with Gasteiger partial charge in [0.2, 0.25) is 0 Å². The lowest BCUT2D eigenvalue weighted by molar-refractivity contribution is 0.121. The summed E-state index contributed by atoms with van der Waals surface area (Å²) in [5.74, 6) is 5.92. The van der Waals surface area contributed by atoms with Gasteiger partial charge in [0.25, 0.3) is 0 Å². The van der Waals surface area contributed by atoms with E-state index in [-0.39, 0.29) is 0 Å². The van der Waals surface area contributed by atoms with Gasteiger partial charge in [0.15, 0.2) is 0 Å². The number of rotatable bonds is 3. The Hall–Kier alpha value is -0.563. The minimum atomic E-state index is -1.18. The minimum absolute atomic E-state index is 0.873. The first kappa shape index (κ1) is 18.5. The maximum atomic E-state index is 2.81. The van der Waals surface area contributed by atoms with Crippen molar-refractivity contribution in [1.82, 2.24) is 0 Å². The Kier molecular flexibility index (Phi) is 4.82. The van der Waals surface area contributed by atoms with Crippen molar-refractivity contribution in [3.05, 3.63) is 35.9 Å². The van der Waals surface area contributed by atoms with Gasteiger partial charge < -0.3 is 0 Å². The van der Waals surface area contributed by atoms with Gasteiger partial charge in [0.1, 0.15) is 0 Å². The molecule has 0 bridgehead atoms. The van der Waals surface area contributed by atoms with Gasteiger partial charge >= 0.3 is 0 Å². The lowest BCUT2D eigenvalue weighted by atomic mass is 9.62. The molecular formula is C26H40Si. The summed E-state index contributed by atoms with van der Waals surface area (Å²) in [5.41, 5.74) is 3.91. The first-order valence-corrected chi connectivity index (χ1v) is 15.3. The lowest BCUT2D eigenvalue weighted by Crippen LogP contribution is -2.44. The molecule has 0 aliphatic heterocycles. The van der Waals surface area contributed by atoms with Crippen LogP contribution in [0.3, 0.4) is 0 Å². The van der Waals surface area contributed by atoms with E-state index in [0.717, 1.165) is 46.6 Å². The van der Waals surface area contributed by atoms with Crippen molar-refractivity contribution in [1.29, 1.82) is 0 Å². The van der Waals surface area contributed by atoms with Crippen LogP contribution in [-0.4, -0.2) is 8.07 Å². The van der Waals surface area contributed by atoms with Gasteiger partial charge in [0, 0.05) is 0 Å². The van der Waals surface area contributed by atoms with Gasteiger partial charge in [-0.2, -0.15) is 0 Å².